The van der Waals surface area contributed by atoms with Crippen LogP contribution in [0, 0.1) is 0 Å². The first-order valence-electron chi connectivity index (χ1n) is 5.59. The quantitative estimate of drug-likeness (QED) is 0.864. The Kier molecular flexibility index (Phi) is 5.02. The van der Waals surface area contributed by atoms with Crippen LogP contribution in [0.4, 0.5) is 0 Å². The maximum atomic E-state index is 12.0. The molecular weight excluding hydrogens is 273 g/mol. The summed E-state index contributed by atoms with van der Waals surface area (Å²) in [4.78, 5) is 12.0. The zero-order chi connectivity index (χ0) is 13.9. The summed E-state index contributed by atoms with van der Waals surface area (Å²) in [5.74, 6) is -0.358. The van der Waals surface area contributed by atoms with Gasteiger partial charge in [0.25, 0.3) is 0 Å². The second-order valence-electron chi connectivity index (χ2n) is 4.96. The van der Waals surface area contributed by atoms with Crippen LogP contribution in [-0.4, -0.2) is 18.6 Å². The second-order valence-corrected chi connectivity index (χ2v) is 5.83. The van der Waals surface area contributed by atoms with Gasteiger partial charge in [0.2, 0.25) is 0 Å². The zero-order valence-electron chi connectivity index (χ0n) is 10.9. The van der Waals surface area contributed by atoms with Crippen molar-refractivity contribution in [2.75, 3.05) is 7.05 Å². The first kappa shape index (κ1) is 15.3. The highest BCUT2D eigenvalue weighted by Gasteiger charge is 2.25. The monoisotopic (exact) mass is 289 g/mol. The molecule has 0 aromatic heterocycles. The highest BCUT2D eigenvalue weighted by atomic mass is 35.5. The normalized spacial score (nSPS) is 13.2. The van der Waals surface area contributed by atoms with E-state index in [2.05, 4.69) is 5.32 Å². The molecule has 100 valence electrons. The Labute approximate surface area is 117 Å². The van der Waals surface area contributed by atoms with Crippen LogP contribution in [0.1, 0.15) is 32.4 Å². The van der Waals surface area contributed by atoms with Crippen LogP contribution in [0.3, 0.4) is 0 Å². The molecule has 5 heteroatoms. The van der Waals surface area contributed by atoms with Crippen LogP contribution >= 0.6 is 23.2 Å². The minimum absolute atomic E-state index is 0.358. The van der Waals surface area contributed by atoms with Gasteiger partial charge in [0.1, 0.15) is 11.6 Å². The highest BCUT2D eigenvalue weighted by molar-refractivity contribution is 6.34. The van der Waals surface area contributed by atoms with E-state index >= 15 is 0 Å². The van der Waals surface area contributed by atoms with Gasteiger partial charge in [0.15, 0.2) is 0 Å². The lowest BCUT2D eigenvalue weighted by molar-refractivity contribution is -0.157. The molecule has 1 aromatic carbocycles. The van der Waals surface area contributed by atoms with Crippen LogP contribution < -0.4 is 5.32 Å². The summed E-state index contributed by atoms with van der Waals surface area (Å²) in [6.45, 7) is 5.47. The first-order chi connectivity index (χ1) is 8.23. The Morgan fingerprint density at radius 1 is 1.22 bits per heavy atom. The number of rotatable bonds is 3. The summed E-state index contributed by atoms with van der Waals surface area (Å²) >= 11 is 11.8. The average Bonchev–Trinajstić information content (AvgIpc) is 2.13. The van der Waals surface area contributed by atoms with Gasteiger partial charge in [0.05, 0.1) is 0 Å². The molecule has 0 fully saturated rings. The van der Waals surface area contributed by atoms with E-state index in [9.17, 15) is 4.79 Å². The molecule has 0 aliphatic heterocycles. The number of carbonyl (C=O) groups excluding carboxylic acids is 1. The van der Waals surface area contributed by atoms with Crippen molar-refractivity contribution in [3.63, 3.8) is 0 Å². The molecule has 0 amide bonds. The van der Waals surface area contributed by atoms with Crippen molar-refractivity contribution in [2.45, 2.75) is 32.4 Å². The first-order valence-corrected chi connectivity index (χ1v) is 6.34. The van der Waals surface area contributed by atoms with Gasteiger partial charge in [-0.25, -0.2) is 4.79 Å². The van der Waals surface area contributed by atoms with E-state index in [1.54, 1.807) is 25.2 Å². The van der Waals surface area contributed by atoms with Crippen LogP contribution in [-0.2, 0) is 9.53 Å². The summed E-state index contributed by atoms with van der Waals surface area (Å²) in [5.41, 5.74) is 0.151. The van der Waals surface area contributed by atoms with E-state index in [1.807, 2.05) is 20.8 Å². The molecule has 0 saturated heterocycles. The number of hydrogen-bond donors (Lipinski definition) is 1. The third-order valence-corrected chi connectivity index (χ3v) is 2.59. The smallest absolute Gasteiger partial charge is 0.328 e. The van der Waals surface area contributed by atoms with Crippen molar-refractivity contribution in [1.29, 1.82) is 0 Å². The number of halogens is 2. The molecule has 1 N–H and O–H groups in total. The van der Waals surface area contributed by atoms with Crippen molar-refractivity contribution < 1.29 is 9.53 Å². The van der Waals surface area contributed by atoms with Gasteiger partial charge in [-0.3, -0.25) is 0 Å². The number of benzene rings is 1. The number of hydrogen-bond acceptors (Lipinski definition) is 3. The minimum Gasteiger partial charge on any atom is -0.459 e. The topological polar surface area (TPSA) is 38.3 Å². The van der Waals surface area contributed by atoms with Gasteiger partial charge < -0.3 is 10.1 Å². The fourth-order valence-corrected chi connectivity index (χ4v) is 2.07. The third kappa shape index (κ3) is 4.48. The van der Waals surface area contributed by atoms with Crippen molar-refractivity contribution in [3.05, 3.63) is 33.8 Å². The molecule has 1 atom stereocenters. The van der Waals surface area contributed by atoms with Gasteiger partial charge in [-0.05, 0) is 51.6 Å². The SMILES string of the molecule is CNC(C(=O)OC(C)(C)C)c1cc(Cl)cc(Cl)c1. The molecule has 1 aromatic rings. The van der Waals surface area contributed by atoms with Gasteiger partial charge in [-0.1, -0.05) is 23.2 Å². The summed E-state index contributed by atoms with van der Waals surface area (Å²) < 4.78 is 5.34. The molecule has 0 saturated carbocycles. The van der Waals surface area contributed by atoms with Gasteiger partial charge in [0, 0.05) is 10.0 Å². The Hall–Kier alpha value is -0.770. The molecule has 0 radical (unpaired) electrons. The lowest BCUT2D eigenvalue weighted by Crippen LogP contribution is -2.33. The fourth-order valence-electron chi connectivity index (χ4n) is 1.52. The predicted molar refractivity (Wildman–Crippen MR) is 74.1 cm³/mol. The van der Waals surface area contributed by atoms with Gasteiger partial charge in [-0.15, -0.1) is 0 Å². The summed E-state index contributed by atoms with van der Waals surface area (Å²) in [7, 11) is 1.68. The maximum absolute atomic E-state index is 12.0. The highest BCUT2D eigenvalue weighted by Crippen LogP contribution is 2.25. The molecule has 1 unspecified atom stereocenters. The number of esters is 1. The van der Waals surface area contributed by atoms with Crippen LogP contribution in [0.2, 0.25) is 10.0 Å². The Morgan fingerprint density at radius 3 is 2.11 bits per heavy atom. The molecule has 3 nitrogen and oxygen atoms in total. The van der Waals surface area contributed by atoms with E-state index in [1.165, 1.54) is 0 Å². The molecule has 0 spiro atoms. The molecule has 0 aliphatic carbocycles. The summed E-state index contributed by atoms with van der Waals surface area (Å²) in [6.07, 6.45) is 0. The van der Waals surface area contributed by atoms with Gasteiger partial charge >= 0.3 is 5.97 Å². The zero-order valence-corrected chi connectivity index (χ0v) is 12.4. The maximum Gasteiger partial charge on any atom is 0.328 e. The number of nitrogens with one attached hydrogen (secondary N) is 1. The van der Waals surface area contributed by atoms with E-state index in [-0.39, 0.29) is 5.97 Å². The molecule has 0 aliphatic rings. The number of carbonyl (C=O) groups is 1. The van der Waals surface area contributed by atoms with Crippen LogP contribution in [0.25, 0.3) is 0 Å². The van der Waals surface area contributed by atoms with Crippen LogP contribution in [0.5, 0.6) is 0 Å². The molecule has 0 heterocycles. The molecule has 1 rings (SSSR count). The largest absolute Gasteiger partial charge is 0.459 e. The van der Waals surface area contributed by atoms with Crippen molar-refractivity contribution in [3.8, 4) is 0 Å². The standard InChI is InChI=1S/C13H17Cl2NO2/c1-13(2,3)18-12(17)11(16-4)8-5-9(14)7-10(15)6-8/h5-7,11,16H,1-4H3. The second kappa shape index (κ2) is 5.91. The van der Waals surface area contributed by atoms with Crippen molar-refractivity contribution in [2.24, 2.45) is 0 Å². The Morgan fingerprint density at radius 2 is 1.72 bits per heavy atom. The lowest BCUT2D eigenvalue weighted by atomic mass is 10.1. The molecular formula is C13H17Cl2NO2. The van der Waals surface area contributed by atoms with Crippen molar-refractivity contribution in [1.82, 2.24) is 5.32 Å². The predicted octanol–water partition coefficient (Wildman–Crippen LogP) is 3.60. The van der Waals surface area contributed by atoms with E-state index in [4.69, 9.17) is 27.9 Å². The number of likely N-dealkylation sites (N-methyl/N-ethyl adjacent to an activating group) is 1. The molecule has 0 bridgehead atoms. The van der Waals surface area contributed by atoms with Crippen molar-refractivity contribution >= 4 is 29.2 Å². The lowest BCUT2D eigenvalue weighted by Gasteiger charge is -2.24. The molecule has 18 heavy (non-hydrogen) atoms. The fraction of sp³-hybridized carbons (Fsp3) is 0.462. The Bertz CT molecular complexity index is 421. The third-order valence-electron chi connectivity index (χ3n) is 2.15. The van der Waals surface area contributed by atoms with E-state index < -0.39 is 11.6 Å². The van der Waals surface area contributed by atoms with E-state index in [0.29, 0.717) is 15.6 Å². The van der Waals surface area contributed by atoms with Gasteiger partial charge in [-0.2, -0.15) is 0 Å². The van der Waals surface area contributed by atoms with Crippen LogP contribution in [0.15, 0.2) is 18.2 Å². The summed E-state index contributed by atoms with van der Waals surface area (Å²) in [5, 5.41) is 3.88. The average molecular weight is 290 g/mol. The summed E-state index contributed by atoms with van der Waals surface area (Å²) in [6, 6.07) is 4.42. The number of ether oxygens (including phenoxy) is 1. The minimum atomic E-state index is -0.583. The Balaban J connectivity index is 2.99. The van der Waals surface area contributed by atoms with E-state index in [0.717, 1.165) is 0 Å².